The standard InChI is InChI=1S/C17H21ClN2S/c1-21-17(8-3-2-4-9-17)12-20-15-7-10-19-16-11-13(18)5-6-14(15)16/h5-7,10-11H,2-4,8-9,12H2,1H3,(H,19,20). The summed E-state index contributed by atoms with van der Waals surface area (Å²) in [4.78, 5) is 4.41. The number of nitrogens with one attached hydrogen (secondary N) is 1. The Bertz CT molecular complexity index is 623. The Morgan fingerprint density at radius 3 is 2.81 bits per heavy atom. The zero-order valence-electron chi connectivity index (χ0n) is 12.4. The molecule has 112 valence electrons. The van der Waals surface area contributed by atoms with Crippen LogP contribution in [0, 0.1) is 0 Å². The van der Waals surface area contributed by atoms with Gasteiger partial charge in [-0.15, -0.1) is 0 Å². The Balaban J connectivity index is 1.81. The summed E-state index contributed by atoms with van der Waals surface area (Å²) in [6, 6.07) is 7.97. The fourth-order valence-corrected chi connectivity index (χ4v) is 4.26. The van der Waals surface area contributed by atoms with Crippen LogP contribution in [0.5, 0.6) is 0 Å². The van der Waals surface area contributed by atoms with E-state index in [0.717, 1.165) is 28.2 Å². The molecule has 0 bridgehead atoms. The Kier molecular flexibility index (Phi) is 4.60. The molecule has 1 heterocycles. The average molecular weight is 321 g/mol. The highest BCUT2D eigenvalue weighted by Gasteiger charge is 2.30. The SMILES string of the molecule is CSC1(CNc2ccnc3cc(Cl)ccc23)CCCCC1. The van der Waals surface area contributed by atoms with E-state index in [4.69, 9.17) is 11.6 Å². The molecule has 3 rings (SSSR count). The van der Waals surface area contributed by atoms with Crippen LogP contribution < -0.4 is 5.32 Å². The van der Waals surface area contributed by atoms with Crippen molar-refractivity contribution in [1.82, 2.24) is 4.98 Å². The van der Waals surface area contributed by atoms with E-state index >= 15 is 0 Å². The van der Waals surface area contributed by atoms with E-state index in [1.807, 2.05) is 30.1 Å². The molecule has 1 saturated carbocycles. The summed E-state index contributed by atoms with van der Waals surface area (Å²) in [6.07, 6.45) is 10.8. The smallest absolute Gasteiger partial charge is 0.0737 e. The van der Waals surface area contributed by atoms with Gasteiger partial charge in [-0.25, -0.2) is 0 Å². The number of aromatic nitrogens is 1. The third kappa shape index (κ3) is 3.29. The van der Waals surface area contributed by atoms with Crippen molar-refractivity contribution in [3.8, 4) is 0 Å². The fourth-order valence-electron chi connectivity index (χ4n) is 3.18. The Hall–Kier alpha value is -0.930. The third-order valence-corrected chi connectivity index (χ3v) is 6.16. The predicted molar refractivity (Wildman–Crippen MR) is 94.6 cm³/mol. The molecule has 1 aliphatic carbocycles. The Morgan fingerprint density at radius 1 is 1.24 bits per heavy atom. The van der Waals surface area contributed by atoms with E-state index in [1.54, 1.807) is 0 Å². The van der Waals surface area contributed by atoms with Gasteiger partial charge >= 0.3 is 0 Å². The number of hydrogen-bond donors (Lipinski definition) is 1. The van der Waals surface area contributed by atoms with E-state index < -0.39 is 0 Å². The number of rotatable bonds is 4. The highest BCUT2D eigenvalue weighted by Crippen LogP contribution is 2.39. The van der Waals surface area contributed by atoms with Crippen LogP contribution in [0.3, 0.4) is 0 Å². The molecular formula is C17H21ClN2S. The molecule has 0 aliphatic heterocycles. The lowest BCUT2D eigenvalue weighted by molar-refractivity contribution is 0.411. The summed E-state index contributed by atoms with van der Waals surface area (Å²) >= 11 is 8.07. The molecule has 0 saturated heterocycles. The van der Waals surface area contributed by atoms with E-state index in [2.05, 4.69) is 28.7 Å². The lowest BCUT2D eigenvalue weighted by Crippen LogP contribution is -2.35. The first-order chi connectivity index (χ1) is 10.2. The molecule has 1 aromatic carbocycles. The van der Waals surface area contributed by atoms with Gasteiger partial charge in [0, 0.05) is 33.6 Å². The van der Waals surface area contributed by atoms with Gasteiger partial charge in [-0.3, -0.25) is 4.98 Å². The average Bonchev–Trinajstić information content (AvgIpc) is 2.53. The summed E-state index contributed by atoms with van der Waals surface area (Å²) in [5.41, 5.74) is 2.12. The van der Waals surface area contributed by atoms with Crippen LogP contribution >= 0.6 is 23.4 Å². The lowest BCUT2D eigenvalue weighted by atomic mass is 9.88. The molecule has 4 heteroatoms. The molecule has 2 nitrogen and oxygen atoms in total. The topological polar surface area (TPSA) is 24.9 Å². The minimum absolute atomic E-state index is 0.389. The highest BCUT2D eigenvalue weighted by atomic mass is 35.5. The number of hydrogen-bond acceptors (Lipinski definition) is 3. The number of anilines is 1. The van der Waals surface area contributed by atoms with Crippen molar-refractivity contribution >= 4 is 40.0 Å². The van der Waals surface area contributed by atoms with E-state index in [-0.39, 0.29) is 0 Å². The molecule has 1 aromatic heterocycles. The Labute approximate surface area is 135 Å². The minimum atomic E-state index is 0.389. The molecule has 0 spiro atoms. The van der Waals surface area contributed by atoms with Crippen molar-refractivity contribution in [3.05, 3.63) is 35.5 Å². The van der Waals surface area contributed by atoms with Gasteiger partial charge in [-0.1, -0.05) is 30.9 Å². The molecule has 2 aromatic rings. The van der Waals surface area contributed by atoms with Crippen LogP contribution in [0.2, 0.25) is 5.02 Å². The van der Waals surface area contributed by atoms with Gasteiger partial charge in [0.05, 0.1) is 5.52 Å². The lowest BCUT2D eigenvalue weighted by Gasteiger charge is -2.36. The van der Waals surface area contributed by atoms with Gasteiger partial charge in [-0.05, 0) is 43.4 Å². The van der Waals surface area contributed by atoms with Gasteiger partial charge in [0.1, 0.15) is 0 Å². The summed E-state index contributed by atoms with van der Waals surface area (Å²) < 4.78 is 0.389. The van der Waals surface area contributed by atoms with Crippen LogP contribution in [0.1, 0.15) is 32.1 Å². The summed E-state index contributed by atoms with van der Waals surface area (Å²) in [7, 11) is 0. The minimum Gasteiger partial charge on any atom is -0.383 e. The zero-order chi connectivity index (χ0) is 14.7. The number of nitrogens with zero attached hydrogens (tertiary/aromatic N) is 1. The van der Waals surface area contributed by atoms with Crippen molar-refractivity contribution in [2.75, 3.05) is 18.1 Å². The first-order valence-corrected chi connectivity index (χ1v) is 9.16. The zero-order valence-corrected chi connectivity index (χ0v) is 13.9. The van der Waals surface area contributed by atoms with Gasteiger partial charge in [0.15, 0.2) is 0 Å². The molecular weight excluding hydrogens is 300 g/mol. The predicted octanol–water partition coefficient (Wildman–Crippen LogP) is 5.37. The molecule has 1 aliphatic rings. The number of pyridine rings is 1. The van der Waals surface area contributed by atoms with Crippen LogP contribution in [0.4, 0.5) is 5.69 Å². The Morgan fingerprint density at radius 2 is 2.05 bits per heavy atom. The van der Waals surface area contributed by atoms with Crippen LogP contribution in [-0.4, -0.2) is 22.5 Å². The van der Waals surface area contributed by atoms with Crippen molar-refractivity contribution < 1.29 is 0 Å². The normalized spacial score (nSPS) is 17.8. The third-order valence-electron chi connectivity index (χ3n) is 4.50. The molecule has 0 radical (unpaired) electrons. The first-order valence-electron chi connectivity index (χ1n) is 7.56. The highest BCUT2D eigenvalue weighted by molar-refractivity contribution is 8.00. The maximum atomic E-state index is 6.05. The van der Waals surface area contributed by atoms with Crippen molar-refractivity contribution in [2.45, 2.75) is 36.9 Å². The maximum absolute atomic E-state index is 6.05. The molecule has 1 N–H and O–H groups in total. The van der Waals surface area contributed by atoms with E-state index in [9.17, 15) is 0 Å². The number of halogens is 1. The largest absolute Gasteiger partial charge is 0.383 e. The summed E-state index contributed by atoms with van der Waals surface area (Å²) in [5.74, 6) is 0. The van der Waals surface area contributed by atoms with Crippen LogP contribution in [0.15, 0.2) is 30.5 Å². The van der Waals surface area contributed by atoms with E-state index in [1.165, 1.54) is 32.1 Å². The second kappa shape index (κ2) is 6.45. The first kappa shape index (κ1) is 15.0. The summed E-state index contributed by atoms with van der Waals surface area (Å²) in [6.45, 7) is 1.02. The maximum Gasteiger partial charge on any atom is 0.0737 e. The van der Waals surface area contributed by atoms with E-state index in [0.29, 0.717) is 4.75 Å². The van der Waals surface area contributed by atoms with Gasteiger partial charge in [0.25, 0.3) is 0 Å². The number of thioether (sulfide) groups is 1. The van der Waals surface area contributed by atoms with Gasteiger partial charge < -0.3 is 5.32 Å². The molecule has 0 atom stereocenters. The molecule has 1 fully saturated rings. The van der Waals surface area contributed by atoms with Crippen molar-refractivity contribution in [1.29, 1.82) is 0 Å². The number of benzene rings is 1. The van der Waals surface area contributed by atoms with Crippen molar-refractivity contribution in [3.63, 3.8) is 0 Å². The fraction of sp³-hybridized carbons (Fsp3) is 0.471. The van der Waals surface area contributed by atoms with Crippen LogP contribution in [-0.2, 0) is 0 Å². The summed E-state index contributed by atoms with van der Waals surface area (Å²) in [5, 5.41) is 5.55. The van der Waals surface area contributed by atoms with Gasteiger partial charge in [0.2, 0.25) is 0 Å². The number of fused-ring (bicyclic) bond motifs is 1. The second-order valence-corrected chi connectivity index (χ2v) is 7.53. The van der Waals surface area contributed by atoms with Crippen molar-refractivity contribution in [2.24, 2.45) is 0 Å². The molecule has 0 unspecified atom stereocenters. The molecule has 0 amide bonds. The second-order valence-electron chi connectivity index (χ2n) is 5.82. The van der Waals surface area contributed by atoms with Crippen LogP contribution in [0.25, 0.3) is 10.9 Å². The molecule has 21 heavy (non-hydrogen) atoms. The van der Waals surface area contributed by atoms with Gasteiger partial charge in [-0.2, -0.15) is 11.8 Å². The monoisotopic (exact) mass is 320 g/mol. The quantitative estimate of drug-likeness (QED) is 0.820.